The van der Waals surface area contributed by atoms with E-state index in [0.29, 0.717) is 11.4 Å². The first-order chi connectivity index (χ1) is 8.98. The van der Waals surface area contributed by atoms with Crippen molar-refractivity contribution in [1.29, 1.82) is 0 Å². The van der Waals surface area contributed by atoms with Crippen LogP contribution < -0.4 is 0 Å². The molecule has 0 aromatic carbocycles. The zero-order chi connectivity index (χ0) is 14.0. The summed E-state index contributed by atoms with van der Waals surface area (Å²) in [5.74, 6) is 0. The summed E-state index contributed by atoms with van der Waals surface area (Å²) in [5, 5.41) is 15.8. The smallest absolute Gasteiger partial charge is 0.247 e. The molecule has 1 saturated carbocycles. The summed E-state index contributed by atoms with van der Waals surface area (Å²) in [6.07, 6.45) is 3.83. The van der Waals surface area contributed by atoms with E-state index in [2.05, 4.69) is 10.2 Å². The molecule has 1 aromatic rings. The van der Waals surface area contributed by atoms with Gasteiger partial charge in [0.15, 0.2) is 0 Å². The average Bonchev–Trinajstić information content (AvgIpc) is 2.96. The van der Waals surface area contributed by atoms with Gasteiger partial charge in [-0.15, -0.1) is 0 Å². The van der Waals surface area contributed by atoms with Crippen molar-refractivity contribution in [2.45, 2.75) is 50.5 Å². The summed E-state index contributed by atoms with van der Waals surface area (Å²) < 4.78 is 27.0. The van der Waals surface area contributed by atoms with E-state index in [-0.39, 0.29) is 24.1 Å². The van der Waals surface area contributed by atoms with Crippen LogP contribution >= 0.6 is 0 Å². The fraction of sp³-hybridized carbons (Fsp3) is 0.750. The predicted octanol–water partition coefficient (Wildman–Crippen LogP) is 0.952. The normalized spacial score (nSPS) is 17.5. The Hall–Kier alpha value is -0.920. The first-order valence-electron chi connectivity index (χ1n) is 6.62. The van der Waals surface area contributed by atoms with Crippen LogP contribution in [0.3, 0.4) is 0 Å². The number of hydrogen-bond donors (Lipinski definition) is 2. The van der Waals surface area contributed by atoms with Crippen molar-refractivity contribution in [3.63, 3.8) is 0 Å². The maximum atomic E-state index is 12.8. The van der Waals surface area contributed by atoms with Gasteiger partial charge in [-0.05, 0) is 26.7 Å². The summed E-state index contributed by atoms with van der Waals surface area (Å²) in [5.41, 5.74) is 1.04. The van der Waals surface area contributed by atoms with Gasteiger partial charge in [-0.1, -0.05) is 12.8 Å². The van der Waals surface area contributed by atoms with Crippen LogP contribution in [0, 0.1) is 13.8 Å². The lowest BCUT2D eigenvalue weighted by Crippen LogP contribution is -2.41. The minimum atomic E-state index is -3.59. The highest BCUT2D eigenvalue weighted by molar-refractivity contribution is 7.89. The van der Waals surface area contributed by atoms with Gasteiger partial charge in [0.1, 0.15) is 4.90 Å². The molecule has 6 nitrogen and oxygen atoms in total. The zero-order valence-electron chi connectivity index (χ0n) is 11.4. The van der Waals surface area contributed by atoms with Gasteiger partial charge in [-0.3, -0.25) is 5.10 Å². The molecule has 0 atom stereocenters. The first kappa shape index (κ1) is 14.5. The molecule has 108 valence electrons. The molecule has 0 amide bonds. The molecule has 1 aromatic heterocycles. The lowest BCUT2D eigenvalue weighted by atomic mass is 10.2. The van der Waals surface area contributed by atoms with E-state index in [0.717, 1.165) is 25.7 Å². The number of aliphatic hydroxyl groups excluding tert-OH is 1. The van der Waals surface area contributed by atoms with Gasteiger partial charge in [0, 0.05) is 12.6 Å². The Morgan fingerprint density at radius 3 is 2.47 bits per heavy atom. The number of aromatic nitrogens is 2. The summed E-state index contributed by atoms with van der Waals surface area (Å²) in [6.45, 7) is 3.38. The highest BCUT2D eigenvalue weighted by atomic mass is 32.2. The van der Waals surface area contributed by atoms with E-state index in [9.17, 15) is 8.42 Å². The van der Waals surface area contributed by atoms with Crippen LogP contribution in [-0.4, -0.2) is 47.2 Å². The maximum Gasteiger partial charge on any atom is 0.247 e. The Labute approximate surface area is 113 Å². The summed E-state index contributed by atoms with van der Waals surface area (Å²) >= 11 is 0. The molecule has 0 aliphatic heterocycles. The molecule has 0 spiro atoms. The minimum absolute atomic E-state index is 0.00542. The molecule has 0 radical (unpaired) electrons. The van der Waals surface area contributed by atoms with Crippen LogP contribution in [0.4, 0.5) is 0 Å². The Kier molecular flexibility index (Phi) is 4.27. The van der Waals surface area contributed by atoms with E-state index in [1.165, 1.54) is 4.31 Å². The lowest BCUT2D eigenvalue weighted by molar-refractivity contribution is 0.226. The van der Waals surface area contributed by atoms with Crippen LogP contribution in [0.25, 0.3) is 0 Å². The van der Waals surface area contributed by atoms with Crippen molar-refractivity contribution in [3.05, 3.63) is 11.4 Å². The number of rotatable bonds is 5. The quantitative estimate of drug-likeness (QED) is 0.844. The van der Waals surface area contributed by atoms with Gasteiger partial charge in [0.25, 0.3) is 0 Å². The van der Waals surface area contributed by atoms with Crippen LogP contribution in [0.15, 0.2) is 4.90 Å². The molecule has 2 N–H and O–H groups in total. The monoisotopic (exact) mass is 287 g/mol. The molecule has 1 fully saturated rings. The van der Waals surface area contributed by atoms with E-state index < -0.39 is 10.0 Å². The number of aliphatic hydroxyl groups is 1. The van der Waals surface area contributed by atoms with Crippen molar-refractivity contribution < 1.29 is 13.5 Å². The van der Waals surface area contributed by atoms with Gasteiger partial charge in [0.05, 0.1) is 18.0 Å². The van der Waals surface area contributed by atoms with Crippen LogP contribution in [0.5, 0.6) is 0 Å². The highest BCUT2D eigenvalue weighted by Crippen LogP contribution is 2.30. The van der Waals surface area contributed by atoms with Crippen molar-refractivity contribution in [1.82, 2.24) is 14.5 Å². The Balaban J connectivity index is 2.39. The van der Waals surface area contributed by atoms with Crippen molar-refractivity contribution in [2.24, 2.45) is 0 Å². The number of H-pyrrole nitrogens is 1. The fourth-order valence-corrected chi connectivity index (χ4v) is 4.84. The minimum Gasteiger partial charge on any atom is -0.395 e. The van der Waals surface area contributed by atoms with Crippen molar-refractivity contribution in [2.75, 3.05) is 13.2 Å². The molecule has 2 rings (SSSR count). The van der Waals surface area contributed by atoms with E-state index in [4.69, 9.17) is 5.11 Å². The van der Waals surface area contributed by atoms with E-state index in [1.807, 2.05) is 0 Å². The van der Waals surface area contributed by atoms with E-state index in [1.54, 1.807) is 13.8 Å². The number of hydrogen-bond acceptors (Lipinski definition) is 4. The van der Waals surface area contributed by atoms with Crippen LogP contribution in [0.2, 0.25) is 0 Å². The number of aromatic amines is 1. The van der Waals surface area contributed by atoms with Gasteiger partial charge in [0.2, 0.25) is 10.0 Å². The zero-order valence-corrected chi connectivity index (χ0v) is 12.2. The Morgan fingerprint density at radius 1 is 1.37 bits per heavy atom. The second kappa shape index (κ2) is 5.60. The summed E-state index contributed by atoms with van der Waals surface area (Å²) in [6, 6.07) is 0.00542. The Bertz CT molecular complexity index is 513. The maximum absolute atomic E-state index is 12.8. The van der Waals surface area contributed by atoms with Crippen molar-refractivity contribution in [3.8, 4) is 0 Å². The third kappa shape index (κ3) is 2.68. The number of nitrogens with zero attached hydrogens (tertiary/aromatic N) is 2. The fourth-order valence-electron chi connectivity index (χ4n) is 2.83. The van der Waals surface area contributed by atoms with Crippen LogP contribution in [0.1, 0.15) is 37.1 Å². The first-order valence-corrected chi connectivity index (χ1v) is 8.06. The standard InChI is InChI=1S/C12H21N3O3S/c1-9-12(10(2)14-13-9)19(17,18)15(7-8-16)11-5-3-4-6-11/h11,16H,3-8H2,1-2H3,(H,13,14). The topological polar surface area (TPSA) is 86.3 Å². The van der Waals surface area contributed by atoms with Gasteiger partial charge < -0.3 is 5.11 Å². The summed E-state index contributed by atoms with van der Waals surface area (Å²) in [7, 11) is -3.59. The third-order valence-electron chi connectivity index (χ3n) is 3.68. The largest absolute Gasteiger partial charge is 0.395 e. The second-order valence-electron chi connectivity index (χ2n) is 5.04. The molecule has 0 bridgehead atoms. The number of aryl methyl sites for hydroxylation is 2. The molecule has 1 aliphatic rings. The molecule has 0 unspecified atom stereocenters. The van der Waals surface area contributed by atoms with Gasteiger partial charge >= 0.3 is 0 Å². The molecular weight excluding hydrogens is 266 g/mol. The third-order valence-corrected chi connectivity index (χ3v) is 5.90. The van der Waals surface area contributed by atoms with Gasteiger partial charge in [-0.2, -0.15) is 9.40 Å². The lowest BCUT2D eigenvalue weighted by Gasteiger charge is -2.27. The molecule has 0 saturated heterocycles. The van der Waals surface area contributed by atoms with Gasteiger partial charge in [-0.25, -0.2) is 8.42 Å². The molecular formula is C12H21N3O3S. The molecule has 1 heterocycles. The van der Waals surface area contributed by atoms with Crippen molar-refractivity contribution >= 4 is 10.0 Å². The average molecular weight is 287 g/mol. The molecule has 19 heavy (non-hydrogen) atoms. The molecule has 7 heteroatoms. The second-order valence-corrected chi connectivity index (χ2v) is 6.87. The number of nitrogens with one attached hydrogen (secondary N) is 1. The molecule has 1 aliphatic carbocycles. The van der Waals surface area contributed by atoms with E-state index >= 15 is 0 Å². The Morgan fingerprint density at radius 2 is 2.00 bits per heavy atom. The SMILES string of the molecule is Cc1n[nH]c(C)c1S(=O)(=O)N(CCO)C1CCCC1. The number of sulfonamides is 1. The van der Waals surface area contributed by atoms with Crippen LogP contribution in [-0.2, 0) is 10.0 Å². The summed E-state index contributed by atoms with van der Waals surface area (Å²) in [4.78, 5) is 0.257. The predicted molar refractivity (Wildman–Crippen MR) is 71.3 cm³/mol. The highest BCUT2D eigenvalue weighted by Gasteiger charge is 2.35.